The maximum absolute atomic E-state index is 14.2. The zero-order valence-electron chi connectivity index (χ0n) is 12.0. The molecule has 2 aromatic rings. The van der Waals surface area contributed by atoms with E-state index in [0.29, 0.717) is 11.3 Å². The number of halogens is 2. The van der Waals surface area contributed by atoms with Crippen molar-refractivity contribution in [1.29, 1.82) is 0 Å². The van der Waals surface area contributed by atoms with Gasteiger partial charge in [-0.3, -0.25) is 0 Å². The summed E-state index contributed by atoms with van der Waals surface area (Å²) in [4.78, 5) is 0. The summed E-state index contributed by atoms with van der Waals surface area (Å²) in [5.41, 5.74) is 1.78. The lowest BCUT2D eigenvalue weighted by molar-refractivity contribution is 0.213. The maximum Gasteiger partial charge on any atom is 0.163 e. The average molecular weight is 355 g/mol. The third-order valence-corrected chi connectivity index (χ3v) is 4.16. The Hall–Kier alpha value is -1.59. The molecule has 0 aliphatic heterocycles. The summed E-state index contributed by atoms with van der Waals surface area (Å²) in [6.07, 6.45) is -1.08. The van der Waals surface area contributed by atoms with E-state index in [1.807, 2.05) is 13.0 Å². The van der Waals surface area contributed by atoms with Gasteiger partial charge in [0.2, 0.25) is 0 Å². The highest BCUT2D eigenvalue weighted by Gasteiger charge is 2.19. The molecule has 0 fully saturated rings. The topological polar surface area (TPSA) is 38.7 Å². The molecule has 2 rings (SSSR count). The fourth-order valence-electron chi connectivity index (χ4n) is 2.04. The average Bonchev–Trinajstić information content (AvgIpc) is 2.49. The van der Waals surface area contributed by atoms with Crippen LogP contribution in [0.1, 0.15) is 22.8 Å². The van der Waals surface area contributed by atoms with E-state index in [4.69, 9.17) is 9.47 Å². The molecule has 0 bridgehead atoms. The fraction of sp³-hybridized carbons (Fsp3) is 0.250. The van der Waals surface area contributed by atoms with Crippen molar-refractivity contribution in [2.24, 2.45) is 0 Å². The molecule has 112 valence electrons. The third-order valence-electron chi connectivity index (χ3n) is 3.31. The van der Waals surface area contributed by atoms with Gasteiger partial charge in [-0.2, -0.15) is 0 Å². The zero-order valence-corrected chi connectivity index (χ0v) is 13.6. The van der Waals surface area contributed by atoms with Gasteiger partial charge in [0, 0.05) is 16.1 Å². The molecule has 1 N–H and O–H groups in total. The largest absolute Gasteiger partial charge is 0.493 e. The lowest BCUT2D eigenvalue weighted by Crippen LogP contribution is -2.04. The third kappa shape index (κ3) is 3.19. The summed E-state index contributed by atoms with van der Waals surface area (Å²) >= 11 is 3.41. The van der Waals surface area contributed by atoms with Crippen molar-refractivity contribution in [1.82, 2.24) is 0 Å². The van der Waals surface area contributed by atoms with Gasteiger partial charge in [-0.05, 0) is 30.2 Å². The Morgan fingerprint density at radius 2 is 1.71 bits per heavy atom. The number of benzene rings is 2. The Morgan fingerprint density at radius 3 is 2.29 bits per heavy atom. The zero-order chi connectivity index (χ0) is 15.6. The van der Waals surface area contributed by atoms with Crippen LogP contribution >= 0.6 is 15.9 Å². The number of aliphatic hydroxyl groups excluding tert-OH is 1. The van der Waals surface area contributed by atoms with Crippen molar-refractivity contribution in [3.8, 4) is 11.5 Å². The van der Waals surface area contributed by atoms with Crippen LogP contribution in [-0.2, 0) is 0 Å². The van der Waals surface area contributed by atoms with E-state index in [9.17, 15) is 9.50 Å². The number of ether oxygens (including phenoxy) is 2. The second-order valence-electron chi connectivity index (χ2n) is 4.64. The Kier molecular flexibility index (Phi) is 4.85. The Bertz CT molecular complexity index is 658. The summed E-state index contributed by atoms with van der Waals surface area (Å²) in [6.45, 7) is 1.94. The number of rotatable bonds is 4. The van der Waals surface area contributed by atoms with Gasteiger partial charge < -0.3 is 14.6 Å². The smallest absolute Gasteiger partial charge is 0.163 e. The van der Waals surface area contributed by atoms with Crippen LogP contribution in [0.15, 0.2) is 34.8 Å². The first kappa shape index (κ1) is 15.8. The summed E-state index contributed by atoms with van der Waals surface area (Å²) in [5.74, 6) is 0.118. The summed E-state index contributed by atoms with van der Waals surface area (Å²) in [6, 6.07) is 8.06. The van der Waals surface area contributed by atoms with Crippen LogP contribution in [-0.4, -0.2) is 19.3 Å². The molecule has 0 aliphatic carbocycles. The second kappa shape index (κ2) is 6.45. The second-order valence-corrected chi connectivity index (χ2v) is 5.49. The molecule has 0 aliphatic rings. The predicted octanol–water partition coefficient (Wildman–Crippen LogP) is 4.00. The quantitative estimate of drug-likeness (QED) is 0.901. The minimum absolute atomic E-state index is 0.142. The van der Waals surface area contributed by atoms with E-state index in [-0.39, 0.29) is 11.3 Å². The van der Waals surface area contributed by atoms with E-state index in [1.54, 1.807) is 12.1 Å². The van der Waals surface area contributed by atoms with Crippen molar-refractivity contribution in [3.05, 3.63) is 57.3 Å². The molecule has 0 spiro atoms. The molecule has 21 heavy (non-hydrogen) atoms. The molecule has 1 atom stereocenters. The number of hydrogen-bond donors (Lipinski definition) is 1. The lowest BCUT2D eigenvalue weighted by Gasteiger charge is -2.16. The van der Waals surface area contributed by atoms with Crippen LogP contribution in [0.5, 0.6) is 11.5 Å². The number of aryl methyl sites for hydroxylation is 1. The normalized spacial score (nSPS) is 12.1. The van der Waals surface area contributed by atoms with Crippen LogP contribution in [0.2, 0.25) is 0 Å². The van der Waals surface area contributed by atoms with Gasteiger partial charge in [0.05, 0.1) is 14.2 Å². The first-order valence-corrected chi connectivity index (χ1v) is 7.12. The van der Waals surface area contributed by atoms with Gasteiger partial charge in [0.1, 0.15) is 11.9 Å². The summed E-state index contributed by atoms with van der Waals surface area (Å²) in [7, 11) is 2.90. The summed E-state index contributed by atoms with van der Waals surface area (Å²) in [5, 5.41) is 10.4. The number of methoxy groups -OCH3 is 2. The molecule has 0 amide bonds. The van der Waals surface area contributed by atoms with E-state index in [0.717, 1.165) is 10.0 Å². The van der Waals surface area contributed by atoms with E-state index >= 15 is 0 Å². The molecular formula is C16H16BrFO3. The standard InChI is InChI=1S/C16H16BrFO3/c1-9-4-5-10(6-12(9)17)16(19)11-7-14(20-2)15(21-3)8-13(11)18/h4-8,16,19H,1-3H3. The Balaban J connectivity index is 2.47. The minimum atomic E-state index is -1.08. The van der Waals surface area contributed by atoms with E-state index in [1.165, 1.54) is 26.4 Å². The van der Waals surface area contributed by atoms with Gasteiger partial charge in [-0.15, -0.1) is 0 Å². The molecule has 0 saturated heterocycles. The fourth-order valence-corrected chi connectivity index (χ4v) is 2.43. The molecular weight excluding hydrogens is 339 g/mol. The highest BCUT2D eigenvalue weighted by atomic mass is 79.9. The molecule has 0 radical (unpaired) electrons. The van der Waals surface area contributed by atoms with E-state index < -0.39 is 11.9 Å². The van der Waals surface area contributed by atoms with Crippen LogP contribution in [0.3, 0.4) is 0 Å². The van der Waals surface area contributed by atoms with Crippen molar-refractivity contribution < 1.29 is 19.0 Å². The Labute approximate surface area is 131 Å². The number of aliphatic hydroxyl groups is 1. The number of hydrogen-bond acceptors (Lipinski definition) is 3. The van der Waals surface area contributed by atoms with Crippen molar-refractivity contribution in [3.63, 3.8) is 0 Å². The van der Waals surface area contributed by atoms with Gasteiger partial charge in [-0.1, -0.05) is 28.1 Å². The minimum Gasteiger partial charge on any atom is -0.493 e. The maximum atomic E-state index is 14.2. The Morgan fingerprint density at radius 1 is 1.10 bits per heavy atom. The van der Waals surface area contributed by atoms with Crippen molar-refractivity contribution in [2.45, 2.75) is 13.0 Å². The molecule has 5 heteroatoms. The van der Waals surface area contributed by atoms with Crippen LogP contribution in [0, 0.1) is 12.7 Å². The highest BCUT2D eigenvalue weighted by molar-refractivity contribution is 9.10. The lowest BCUT2D eigenvalue weighted by atomic mass is 9.99. The van der Waals surface area contributed by atoms with Crippen molar-refractivity contribution >= 4 is 15.9 Å². The van der Waals surface area contributed by atoms with Crippen LogP contribution < -0.4 is 9.47 Å². The SMILES string of the molecule is COc1cc(F)c(C(O)c2ccc(C)c(Br)c2)cc1OC. The summed E-state index contributed by atoms with van der Waals surface area (Å²) < 4.78 is 25.2. The monoisotopic (exact) mass is 354 g/mol. The van der Waals surface area contributed by atoms with Crippen LogP contribution in [0.25, 0.3) is 0 Å². The molecule has 0 saturated carbocycles. The first-order chi connectivity index (χ1) is 9.97. The van der Waals surface area contributed by atoms with Gasteiger partial charge in [0.15, 0.2) is 11.5 Å². The van der Waals surface area contributed by atoms with Crippen molar-refractivity contribution in [2.75, 3.05) is 14.2 Å². The molecule has 0 aromatic heterocycles. The van der Waals surface area contributed by atoms with Crippen LogP contribution in [0.4, 0.5) is 4.39 Å². The van der Waals surface area contributed by atoms with Gasteiger partial charge in [-0.25, -0.2) is 4.39 Å². The molecule has 1 unspecified atom stereocenters. The van der Waals surface area contributed by atoms with Gasteiger partial charge in [0.25, 0.3) is 0 Å². The van der Waals surface area contributed by atoms with Gasteiger partial charge >= 0.3 is 0 Å². The highest BCUT2D eigenvalue weighted by Crippen LogP contribution is 2.35. The predicted molar refractivity (Wildman–Crippen MR) is 82.4 cm³/mol. The van der Waals surface area contributed by atoms with E-state index in [2.05, 4.69) is 15.9 Å². The first-order valence-electron chi connectivity index (χ1n) is 6.33. The molecule has 2 aromatic carbocycles. The molecule has 3 nitrogen and oxygen atoms in total. The molecule has 0 heterocycles.